The van der Waals surface area contributed by atoms with E-state index in [1.807, 2.05) is 6.26 Å². The molecule has 1 aromatic carbocycles. The minimum absolute atomic E-state index is 0.0755. The summed E-state index contributed by atoms with van der Waals surface area (Å²) in [6, 6.07) is 7.74. The van der Waals surface area contributed by atoms with Crippen molar-refractivity contribution in [2.45, 2.75) is 12.3 Å². The number of hydrogen-bond acceptors (Lipinski definition) is 5. The van der Waals surface area contributed by atoms with Crippen LogP contribution in [0.25, 0.3) is 0 Å². The molecule has 0 saturated heterocycles. The zero-order chi connectivity index (χ0) is 16.8. The standard InChI is InChI=1S/C15H16N4O3S/c1-23-8-12-18-11(6-13(20)19-12)15(22)17-7-9-2-4-10(5-3-9)14(16)21/h2-6H,7-8H2,1H3,(H2,16,21)(H,17,22)(H,18,19,20). The highest BCUT2D eigenvalue weighted by Crippen LogP contribution is 2.05. The Kier molecular flexibility index (Phi) is 5.53. The first-order chi connectivity index (χ1) is 11.0. The smallest absolute Gasteiger partial charge is 0.270 e. The lowest BCUT2D eigenvalue weighted by atomic mass is 10.1. The molecule has 0 saturated carbocycles. The van der Waals surface area contributed by atoms with E-state index in [9.17, 15) is 14.4 Å². The first kappa shape index (κ1) is 16.8. The van der Waals surface area contributed by atoms with Crippen LogP contribution in [0, 0.1) is 0 Å². The van der Waals surface area contributed by atoms with Gasteiger partial charge in [-0.15, -0.1) is 0 Å². The van der Waals surface area contributed by atoms with Crippen LogP contribution < -0.4 is 16.6 Å². The Hall–Kier alpha value is -2.61. The van der Waals surface area contributed by atoms with Gasteiger partial charge < -0.3 is 16.0 Å². The van der Waals surface area contributed by atoms with E-state index < -0.39 is 11.8 Å². The number of nitrogens with zero attached hydrogens (tertiary/aromatic N) is 1. The third kappa shape index (κ3) is 4.68. The fraction of sp³-hybridized carbons (Fsp3) is 0.200. The molecule has 0 radical (unpaired) electrons. The highest BCUT2D eigenvalue weighted by Gasteiger charge is 2.10. The first-order valence-electron chi connectivity index (χ1n) is 6.75. The van der Waals surface area contributed by atoms with Gasteiger partial charge in [-0.05, 0) is 24.0 Å². The molecular weight excluding hydrogens is 316 g/mol. The van der Waals surface area contributed by atoms with Crippen LogP contribution in [0.4, 0.5) is 0 Å². The van der Waals surface area contributed by atoms with Crippen molar-refractivity contribution in [3.05, 3.63) is 63.3 Å². The largest absolute Gasteiger partial charge is 0.366 e. The summed E-state index contributed by atoms with van der Waals surface area (Å²) < 4.78 is 0. The summed E-state index contributed by atoms with van der Waals surface area (Å²) in [5.74, 6) is 0.0401. The van der Waals surface area contributed by atoms with Crippen LogP contribution in [0.2, 0.25) is 0 Å². The van der Waals surface area contributed by atoms with Crippen molar-refractivity contribution in [3.8, 4) is 0 Å². The van der Waals surface area contributed by atoms with E-state index in [0.29, 0.717) is 17.1 Å². The summed E-state index contributed by atoms with van der Waals surface area (Å²) in [7, 11) is 0. The van der Waals surface area contributed by atoms with Crippen LogP contribution in [0.15, 0.2) is 35.1 Å². The summed E-state index contributed by atoms with van der Waals surface area (Å²) in [6.07, 6.45) is 1.88. The molecule has 23 heavy (non-hydrogen) atoms. The third-order valence-electron chi connectivity index (χ3n) is 3.00. The van der Waals surface area contributed by atoms with Gasteiger partial charge in [-0.25, -0.2) is 4.98 Å². The SMILES string of the molecule is CSCc1nc(C(=O)NCc2ccc(C(N)=O)cc2)cc(=O)[nH]1. The Balaban J connectivity index is 2.04. The Morgan fingerprint density at radius 3 is 2.61 bits per heavy atom. The van der Waals surface area contributed by atoms with E-state index in [1.54, 1.807) is 24.3 Å². The number of carbonyl (C=O) groups excluding carboxylic acids is 2. The summed E-state index contributed by atoms with van der Waals surface area (Å²) >= 11 is 1.50. The number of primary amides is 1. The number of carbonyl (C=O) groups is 2. The molecule has 0 fully saturated rings. The molecule has 0 aliphatic carbocycles. The van der Waals surface area contributed by atoms with Crippen molar-refractivity contribution in [2.24, 2.45) is 5.73 Å². The Morgan fingerprint density at radius 2 is 2.00 bits per heavy atom. The summed E-state index contributed by atoms with van der Waals surface area (Å²) in [6.45, 7) is 0.254. The Morgan fingerprint density at radius 1 is 1.30 bits per heavy atom. The van der Waals surface area contributed by atoms with E-state index in [1.165, 1.54) is 11.8 Å². The van der Waals surface area contributed by atoms with Crippen molar-refractivity contribution in [3.63, 3.8) is 0 Å². The molecule has 0 unspecified atom stereocenters. The molecule has 0 aliphatic rings. The monoisotopic (exact) mass is 332 g/mol. The van der Waals surface area contributed by atoms with Crippen LogP contribution in [-0.2, 0) is 12.3 Å². The van der Waals surface area contributed by atoms with Crippen LogP contribution in [-0.4, -0.2) is 28.0 Å². The van der Waals surface area contributed by atoms with Crippen molar-refractivity contribution < 1.29 is 9.59 Å². The summed E-state index contributed by atoms with van der Waals surface area (Å²) in [5.41, 5.74) is 6.08. The maximum Gasteiger partial charge on any atom is 0.270 e. The fourth-order valence-corrected chi connectivity index (χ4v) is 2.30. The van der Waals surface area contributed by atoms with E-state index in [2.05, 4.69) is 15.3 Å². The van der Waals surface area contributed by atoms with Gasteiger partial charge in [0.25, 0.3) is 11.5 Å². The molecule has 2 rings (SSSR count). The van der Waals surface area contributed by atoms with Crippen LogP contribution in [0.3, 0.4) is 0 Å². The zero-order valence-corrected chi connectivity index (χ0v) is 13.3. The maximum atomic E-state index is 12.1. The first-order valence-corrected chi connectivity index (χ1v) is 8.15. The third-order valence-corrected chi connectivity index (χ3v) is 3.56. The molecule has 7 nitrogen and oxygen atoms in total. The van der Waals surface area contributed by atoms with Gasteiger partial charge in [0.15, 0.2) is 0 Å². The second-order valence-electron chi connectivity index (χ2n) is 4.75. The number of H-pyrrole nitrogens is 1. The normalized spacial score (nSPS) is 10.3. The number of nitrogens with one attached hydrogen (secondary N) is 2. The molecule has 2 amide bonds. The lowest BCUT2D eigenvalue weighted by Crippen LogP contribution is -2.26. The van der Waals surface area contributed by atoms with Crippen molar-refractivity contribution in [1.29, 1.82) is 0 Å². The highest BCUT2D eigenvalue weighted by atomic mass is 32.2. The number of nitrogens with two attached hydrogens (primary N) is 1. The number of amides is 2. The van der Waals surface area contributed by atoms with Crippen LogP contribution >= 0.6 is 11.8 Å². The van der Waals surface area contributed by atoms with Gasteiger partial charge in [-0.3, -0.25) is 14.4 Å². The molecule has 120 valence electrons. The second kappa shape index (κ2) is 7.59. The van der Waals surface area contributed by atoms with Gasteiger partial charge in [0.1, 0.15) is 11.5 Å². The van der Waals surface area contributed by atoms with Gasteiger partial charge >= 0.3 is 0 Å². The quantitative estimate of drug-likeness (QED) is 0.718. The molecule has 0 atom stereocenters. The fourth-order valence-electron chi connectivity index (χ4n) is 1.89. The minimum atomic E-state index is -0.505. The molecule has 4 N–H and O–H groups in total. The van der Waals surface area contributed by atoms with Gasteiger partial charge in [-0.1, -0.05) is 12.1 Å². The number of benzene rings is 1. The molecule has 1 aromatic heterocycles. The molecule has 1 heterocycles. The number of aromatic nitrogens is 2. The van der Waals surface area contributed by atoms with E-state index in [0.717, 1.165) is 11.6 Å². The zero-order valence-electron chi connectivity index (χ0n) is 12.5. The average Bonchev–Trinajstić information content (AvgIpc) is 2.52. The predicted molar refractivity (Wildman–Crippen MR) is 88.2 cm³/mol. The Labute approximate surface area is 136 Å². The molecule has 0 spiro atoms. The van der Waals surface area contributed by atoms with Gasteiger partial charge in [-0.2, -0.15) is 11.8 Å². The van der Waals surface area contributed by atoms with E-state index in [-0.39, 0.29) is 17.8 Å². The van der Waals surface area contributed by atoms with Gasteiger partial charge in [0.2, 0.25) is 5.91 Å². The van der Waals surface area contributed by atoms with Crippen molar-refractivity contribution in [1.82, 2.24) is 15.3 Å². The average molecular weight is 332 g/mol. The number of rotatable bonds is 6. The van der Waals surface area contributed by atoms with Crippen LogP contribution in [0.1, 0.15) is 32.2 Å². The minimum Gasteiger partial charge on any atom is -0.366 e. The predicted octanol–water partition coefficient (Wildman–Crippen LogP) is 0.662. The number of aromatic amines is 1. The molecule has 0 bridgehead atoms. The topological polar surface area (TPSA) is 118 Å². The van der Waals surface area contributed by atoms with Crippen molar-refractivity contribution in [2.75, 3.05) is 6.26 Å². The van der Waals surface area contributed by atoms with Gasteiger partial charge in [0, 0.05) is 18.2 Å². The van der Waals surface area contributed by atoms with Crippen LogP contribution in [0.5, 0.6) is 0 Å². The molecule has 2 aromatic rings. The summed E-state index contributed by atoms with van der Waals surface area (Å²) in [5, 5.41) is 2.68. The summed E-state index contributed by atoms with van der Waals surface area (Å²) in [4.78, 5) is 41.3. The van der Waals surface area contributed by atoms with E-state index in [4.69, 9.17) is 5.73 Å². The molecule has 0 aliphatic heterocycles. The molecule has 8 heteroatoms. The molecular formula is C15H16N4O3S. The lowest BCUT2D eigenvalue weighted by Gasteiger charge is -2.06. The van der Waals surface area contributed by atoms with Gasteiger partial charge in [0.05, 0.1) is 5.75 Å². The Bertz CT molecular complexity index is 771. The number of hydrogen-bond donors (Lipinski definition) is 3. The lowest BCUT2D eigenvalue weighted by molar-refractivity contribution is 0.0944. The maximum absolute atomic E-state index is 12.1. The van der Waals surface area contributed by atoms with Crippen molar-refractivity contribution >= 4 is 23.6 Å². The number of thioether (sulfide) groups is 1. The second-order valence-corrected chi connectivity index (χ2v) is 5.62. The highest BCUT2D eigenvalue weighted by molar-refractivity contribution is 7.97. The van der Waals surface area contributed by atoms with E-state index >= 15 is 0 Å².